The third-order valence-corrected chi connectivity index (χ3v) is 4.70. The van der Waals surface area contributed by atoms with Gasteiger partial charge in [0.2, 0.25) is 5.91 Å². The van der Waals surface area contributed by atoms with Gasteiger partial charge in [-0.3, -0.25) is 9.69 Å². The Bertz CT molecular complexity index is 592. The van der Waals surface area contributed by atoms with E-state index in [4.69, 9.17) is 4.52 Å². The minimum atomic E-state index is -4.34. The summed E-state index contributed by atoms with van der Waals surface area (Å²) in [6, 6.07) is 1.86. The smallest absolute Gasteiger partial charge is 0.361 e. The Morgan fingerprint density at radius 3 is 2.46 bits per heavy atom. The molecule has 2 fully saturated rings. The summed E-state index contributed by atoms with van der Waals surface area (Å²) in [6.07, 6.45) is -4.34. The number of nitrogens with one attached hydrogen (secondary N) is 1. The second-order valence-corrected chi connectivity index (χ2v) is 6.44. The maximum atomic E-state index is 13.0. The van der Waals surface area contributed by atoms with Gasteiger partial charge in [-0.2, -0.15) is 13.2 Å². The van der Waals surface area contributed by atoms with Crippen LogP contribution in [0.3, 0.4) is 0 Å². The average Bonchev–Trinajstić information content (AvgIpc) is 3.16. The lowest BCUT2D eigenvalue weighted by atomic mass is 9.93. The van der Waals surface area contributed by atoms with Gasteiger partial charge in [0, 0.05) is 51.9 Å². The van der Waals surface area contributed by atoms with E-state index < -0.39 is 18.0 Å². The summed E-state index contributed by atoms with van der Waals surface area (Å²) in [7, 11) is 0. The first-order valence-electron chi connectivity index (χ1n) is 8.05. The molecule has 0 radical (unpaired) electrons. The van der Waals surface area contributed by atoms with Gasteiger partial charge < -0.3 is 14.7 Å². The van der Waals surface area contributed by atoms with Crippen molar-refractivity contribution in [1.29, 1.82) is 0 Å². The zero-order valence-corrected chi connectivity index (χ0v) is 15.9. The highest BCUT2D eigenvalue weighted by Gasteiger charge is 2.50. The molecule has 2 aliphatic heterocycles. The van der Waals surface area contributed by atoms with Crippen LogP contribution in [0.25, 0.3) is 0 Å². The van der Waals surface area contributed by atoms with Crippen LogP contribution in [0.1, 0.15) is 11.5 Å². The van der Waals surface area contributed by atoms with E-state index in [0.29, 0.717) is 32.7 Å². The molecule has 0 bridgehead atoms. The fraction of sp³-hybridized carbons (Fsp3) is 0.733. The van der Waals surface area contributed by atoms with Crippen LogP contribution in [0.15, 0.2) is 10.6 Å². The standard InChI is InChI=1S/C15H21F3N4O2.2ClH/c1-10-6-11(20-24-10)9-21-2-4-22(5-3-21)14(23)12-7-19-8-13(12)15(16,17)18;;/h6,12-13,19H,2-5,7-9H2,1H3;2*1H/t12-,13-;;/m1../s1. The van der Waals surface area contributed by atoms with E-state index in [1.165, 1.54) is 0 Å². The number of hydrogen-bond acceptors (Lipinski definition) is 5. The Morgan fingerprint density at radius 1 is 1.27 bits per heavy atom. The van der Waals surface area contributed by atoms with Crippen molar-refractivity contribution >= 4 is 30.7 Å². The van der Waals surface area contributed by atoms with Gasteiger partial charge in [-0.15, -0.1) is 24.8 Å². The molecule has 0 spiro atoms. The number of nitrogens with zero attached hydrogens (tertiary/aromatic N) is 3. The molecule has 1 N–H and O–H groups in total. The second kappa shape index (κ2) is 9.25. The molecule has 1 amide bonds. The van der Waals surface area contributed by atoms with Crippen molar-refractivity contribution in [1.82, 2.24) is 20.3 Å². The average molecular weight is 419 g/mol. The molecule has 1 aromatic rings. The SMILES string of the molecule is Cc1cc(CN2CCN(C(=O)[C@@H]3CNC[C@H]3C(F)(F)F)CC2)no1.Cl.Cl. The summed E-state index contributed by atoms with van der Waals surface area (Å²) in [6.45, 7) is 4.48. The number of carbonyl (C=O) groups excluding carboxylic acids is 1. The molecule has 11 heteroatoms. The lowest BCUT2D eigenvalue weighted by Crippen LogP contribution is -2.51. The molecule has 150 valence electrons. The summed E-state index contributed by atoms with van der Waals surface area (Å²) in [5, 5.41) is 6.63. The van der Waals surface area contributed by atoms with Crippen molar-refractivity contribution in [2.24, 2.45) is 11.8 Å². The largest absolute Gasteiger partial charge is 0.393 e. The summed E-state index contributed by atoms with van der Waals surface area (Å²) in [4.78, 5) is 16.1. The predicted octanol–water partition coefficient (Wildman–Crippen LogP) is 1.87. The lowest BCUT2D eigenvalue weighted by Gasteiger charge is -2.36. The van der Waals surface area contributed by atoms with Crippen LogP contribution < -0.4 is 5.32 Å². The van der Waals surface area contributed by atoms with E-state index in [-0.39, 0.29) is 43.8 Å². The van der Waals surface area contributed by atoms with E-state index in [1.54, 1.807) is 4.90 Å². The molecule has 2 saturated heterocycles. The number of halogens is 5. The van der Waals surface area contributed by atoms with E-state index in [9.17, 15) is 18.0 Å². The molecule has 26 heavy (non-hydrogen) atoms. The minimum absolute atomic E-state index is 0. The Balaban J connectivity index is 0.00000169. The van der Waals surface area contributed by atoms with E-state index in [0.717, 1.165) is 11.5 Å². The zero-order chi connectivity index (χ0) is 17.3. The van der Waals surface area contributed by atoms with Crippen LogP contribution in [0.4, 0.5) is 13.2 Å². The van der Waals surface area contributed by atoms with Crippen molar-refractivity contribution in [2.75, 3.05) is 39.3 Å². The number of rotatable bonds is 3. The first kappa shape index (κ1) is 23.0. The highest BCUT2D eigenvalue weighted by molar-refractivity contribution is 5.85. The first-order chi connectivity index (χ1) is 11.3. The number of piperazine rings is 1. The number of aromatic nitrogens is 1. The highest BCUT2D eigenvalue weighted by Crippen LogP contribution is 2.35. The Labute approximate surface area is 162 Å². The fourth-order valence-corrected chi connectivity index (χ4v) is 3.36. The molecule has 1 aromatic heterocycles. The van der Waals surface area contributed by atoms with Crippen LogP contribution in [-0.2, 0) is 11.3 Å². The molecular formula is C15H23Cl2F3N4O2. The van der Waals surface area contributed by atoms with Gasteiger partial charge in [0.25, 0.3) is 0 Å². The van der Waals surface area contributed by atoms with Gasteiger partial charge >= 0.3 is 6.18 Å². The van der Waals surface area contributed by atoms with E-state index >= 15 is 0 Å². The molecule has 2 atom stereocenters. The van der Waals surface area contributed by atoms with Crippen LogP contribution in [-0.4, -0.2) is 66.3 Å². The normalized spacial score (nSPS) is 24.1. The van der Waals surface area contributed by atoms with Crippen LogP contribution in [0.2, 0.25) is 0 Å². The van der Waals surface area contributed by atoms with Gasteiger partial charge in [-0.05, 0) is 6.92 Å². The van der Waals surface area contributed by atoms with E-state index in [1.807, 2.05) is 13.0 Å². The summed E-state index contributed by atoms with van der Waals surface area (Å²) >= 11 is 0. The maximum absolute atomic E-state index is 13.0. The van der Waals surface area contributed by atoms with Crippen molar-refractivity contribution < 1.29 is 22.5 Å². The summed E-state index contributed by atoms with van der Waals surface area (Å²) in [5.74, 6) is -2.24. The molecule has 2 aliphatic rings. The molecular weight excluding hydrogens is 396 g/mol. The molecule has 0 aromatic carbocycles. The molecule has 0 unspecified atom stereocenters. The monoisotopic (exact) mass is 418 g/mol. The van der Waals surface area contributed by atoms with Crippen molar-refractivity contribution in [3.8, 4) is 0 Å². The Kier molecular flexibility index (Phi) is 8.19. The summed E-state index contributed by atoms with van der Waals surface area (Å²) < 4.78 is 44.1. The van der Waals surface area contributed by atoms with Gasteiger partial charge in [0.05, 0.1) is 17.5 Å². The first-order valence-corrected chi connectivity index (χ1v) is 8.05. The molecule has 0 saturated carbocycles. The minimum Gasteiger partial charge on any atom is -0.361 e. The number of carbonyl (C=O) groups is 1. The lowest BCUT2D eigenvalue weighted by molar-refractivity contribution is -0.185. The topological polar surface area (TPSA) is 61.6 Å². The quantitative estimate of drug-likeness (QED) is 0.811. The van der Waals surface area contributed by atoms with Crippen LogP contribution >= 0.6 is 24.8 Å². The molecule has 6 nitrogen and oxygen atoms in total. The Hall–Kier alpha value is -1.03. The third-order valence-electron chi connectivity index (χ3n) is 4.70. The predicted molar refractivity (Wildman–Crippen MR) is 93.5 cm³/mol. The third kappa shape index (κ3) is 5.25. The number of aryl methyl sites for hydroxylation is 1. The van der Waals surface area contributed by atoms with Gasteiger partial charge in [-0.25, -0.2) is 0 Å². The van der Waals surface area contributed by atoms with Crippen LogP contribution in [0.5, 0.6) is 0 Å². The van der Waals surface area contributed by atoms with Crippen LogP contribution in [0, 0.1) is 18.8 Å². The van der Waals surface area contributed by atoms with E-state index in [2.05, 4.69) is 15.4 Å². The molecule has 3 rings (SSSR count). The Morgan fingerprint density at radius 2 is 1.92 bits per heavy atom. The highest BCUT2D eigenvalue weighted by atomic mass is 35.5. The van der Waals surface area contributed by atoms with Gasteiger partial charge in [-0.1, -0.05) is 5.16 Å². The number of alkyl halides is 3. The van der Waals surface area contributed by atoms with Crippen molar-refractivity contribution in [2.45, 2.75) is 19.6 Å². The zero-order valence-electron chi connectivity index (χ0n) is 14.3. The number of hydrogen-bond donors (Lipinski definition) is 1. The fourth-order valence-electron chi connectivity index (χ4n) is 3.36. The summed E-state index contributed by atoms with van der Waals surface area (Å²) in [5.41, 5.74) is 0.824. The van der Waals surface area contributed by atoms with Gasteiger partial charge in [0.15, 0.2) is 0 Å². The maximum Gasteiger partial charge on any atom is 0.393 e. The van der Waals surface area contributed by atoms with Gasteiger partial charge in [0.1, 0.15) is 5.76 Å². The second-order valence-electron chi connectivity index (χ2n) is 6.44. The molecule has 0 aliphatic carbocycles. The van der Waals surface area contributed by atoms with Crippen molar-refractivity contribution in [3.05, 3.63) is 17.5 Å². The number of amides is 1. The molecule has 3 heterocycles. The van der Waals surface area contributed by atoms with Crippen molar-refractivity contribution in [3.63, 3.8) is 0 Å².